The number of rotatable bonds is 6. The molecule has 0 aliphatic carbocycles. The van der Waals surface area contributed by atoms with Crippen molar-refractivity contribution in [1.82, 2.24) is 0 Å². The minimum atomic E-state index is -3.06. The first-order valence-electron chi connectivity index (χ1n) is 5.33. The van der Waals surface area contributed by atoms with Crippen molar-refractivity contribution >= 4 is 15.5 Å². The van der Waals surface area contributed by atoms with Gasteiger partial charge in [0.1, 0.15) is 18.2 Å². The summed E-state index contributed by atoms with van der Waals surface area (Å²) in [6.45, 7) is 1.83. The summed E-state index contributed by atoms with van der Waals surface area (Å²) in [7, 11) is -3.06. The molecule has 0 spiro atoms. The molecule has 1 rings (SSSR count). The zero-order valence-electron chi connectivity index (χ0n) is 9.65. The molecule has 1 aromatic rings. The summed E-state index contributed by atoms with van der Waals surface area (Å²) >= 11 is 0. The number of hydrogen-bond donors (Lipinski definition) is 1. The van der Waals surface area contributed by atoms with E-state index < -0.39 is 15.7 Å². The Morgan fingerprint density at radius 1 is 1.35 bits per heavy atom. The third-order valence-electron chi connectivity index (χ3n) is 2.14. The summed E-state index contributed by atoms with van der Waals surface area (Å²) in [5.74, 6) is -0.0565. The fourth-order valence-corrected chi connectivity index (χ4v) is 2.51. The van der Waals surface area contributed by atoms with Crippen LogP contribution in [0.25, 0.3) is 0 Å². The molecule has 0 saturated heterocycles. The highest BCUT2D eigenvalue weighted by Gasteiger charge is 2.10. The lowest BCUT2D eigenvalue weighted by molar-refractivity contribution is 0.342. The lowest BCUT2D eigenvalue weighted by Crippen LogP contribution is -2.17. The smallest absolute Gasteiger partial charge is 0.153 e. The summed E-state index contributed by atoms with van der Waals surface area (Å²) in [4.78, 5) is 0. The van der Waals surface area contributed by atoms with Crippen LogP contribution in [0.15, 0.2) is 18.2 Å². The number of sulfone groups is 1. The van der Waals surface area contributed by atoms with E-state index >= 15 is 0 Å². The minimum absolute atomic E-state index is 0.0260. The van der Waals surface area contributed by atoms with E-state index in [2.05, 4.69) is 0 Å². The second kappa shape index (κ2) is 5.86. The third-order valence-corrected chi connectivity index (χ3v) is 3.96. The van der Waals surface area contributed by atoms with E-state index in [0.29, 0.717) is 12.2 Å². The fraction of sp³-hybridized carbons (Fsp3) is 0.455. The van der Waals surface area contributed by atoms with Crippen LogP contribution in [-0.4, -0.2) is 26.5 Å². The highest BCUT2D eigenvalue weighted by molar-refractivity contribution is 7.91. The maximum absolute atomic E-state index is 12.7. The molecule has 96 valence electrons. The van der Waals surface area contributed by atoms with E-state index in [1.807, 2.05) is 0 Å². The van der Waals surface area contributed by atoms with Crippen LogP contribution in [-0.2, 0) is 9.84 Å². The van der Waals surface area contributed by atoms with Gasteiger partial charge in [0, 0.05) is 6.07 Å². The average Bonchev–Trinajstić information content (AvgIpc) is 2.21. The van der Waals surface area contributed by atoms with Gasteiger partial charge in [-0.15, -0.1) is 0 Å². The summed E-state index contributed by atoms with van der Waals surface area (Å²) in [6.07, 6.45) is 0.584. The first-order valence-corrected chi connectivity index (χ1v) is 7.15. The van der Waals surface area contributed by atoms with Gasteiger partial charge in [-0.25, -0.2) is 12.8 Å². The van der Waals surface area contributed by atoms with Gasteiger partial charge in [-0.1, -0.05) is 6.92 Å². The van der Waals surface area contributed by atoms with Crippen molar-refractivity contribution in [3.05, 3.63) is 24.0 Å². The lowest BCUT2D eigenvalue weighted by atomic mass is 10.3. The number of ether oxygens (including phenoxy) is 1. The van der Waals surface area contributed by atoms with Gasteiger partial charge < -0.3 is 10.5 Å². The molecule has 0 unspecified atom stereocenters. The van der Waals surface area contributed by atoms with E-state index in [1.54, 1.807) is 6.92 Å². The predicted octanol–water partition coefficient (Wildman–Crippen LogP) is 1.61. The van der Waals surface area contributed by atoms with E-state index in [9.17, 15) is 12.8 Å². The van der Waals surface area contributed by atoms with Crippen molar-refractivity contribution in [2.75, 3.05) is 23.8 Å². The normalized spacial score (nSPS) is 11.4. The van der Waals surface area contributed by atoms with Gasteiger partial charge in [0.2, 0.25) is 0 Å². The summed E-state index contributed by atoms with van der Waals surface area (Å²) in [5.41, 5.74) is 5.68. The highest BCUT2D eigenvalue weighted by Crippen LogP contribution is 2.21. The number of nitrogens with two attached hydrogens (primary N) is 1. The summed E-state index contributed by atoms with van der Waals surface area (Å²) in [5, 5.41) is 0. The Kier molecular flexibility index (Phi) is 4.74. The van der Waals surface area contributed by atoms with Crippen LogP contribution in [0.2, 0.25) is 0 Å². The number of benzene rings is 1. The van der Waals surface area contributed by atoms with Gasteiger partial charge in [-0.3, -0.25) is 0 Å². The molecule has 0 aliphatic heterocycles. The van der Waals surface area contributed by atoms with Crippen LogP contribution in [0.5, 0.6) is 5.75 Å². The van der Waals surface area contributed by atoms with Crippen LogP contribution in [0.3, 0.4) is 0 Å². The Balaban J connectivity index is 2.51. The monoisotopic (exact) mass is 261 g/mol. The van der Waals surface area contributed by atoms with Crippen molar-refractivity contribution in [2.24, 2.45) is 0 Å². The first kappa shape index (κ1) is 13.8. The van der Waals surface area contributed by atoms with Gasteiger partial charge in [-0.2, -0.15) is 0 Å². The molecule has 1 aromatic carbocycles. The molecule has 2 N–H and O–H groups in total. The maximum atomic E-state index is 12.7. The van der Waals surface area contributed by atoms with E-state index in [0.717, 1.165) is 6.07 Å². The summed E-state index contributed by atoms with van der Waals surface area (Å²) in [6, 6.07) is 3.74. The van der Waals surface area contributed by atoms with Crippen LogP contribution in [0.4, 0.5) is 10.1 Å². The molecule has 0 aromatic heterocycles. The number of nitrogen functional groups attached to an aromatic ring is 1. The maximum Gasteiger partial charge on any atom is 0.153 e. The van der Waals surface area contributed by atoms with Crippen molar-refractivity contribution in [3.8, 4) is 5.75 Å². The number of hydrogen-bond acceptors (Lipinski definition) is 4. The topological polar surface area (TPSA) is 69.4 Å². The zero-order chi connectivity index (χ0) is 12.9. The highest BCUT2D eigenvalue weighted by atomic mass is 32.2. The Hall–Kier alpha value is -1.30. The quantitative estimate of drug-likeness (QED) is 0.790. The van der Waals surface area contributed by atoms with Crippen molar-refractivity contribution in [3.63, 3.8) is 0 Å². The summed E-state index contributed by atoms with van der Waals surface area (Å²) < 4.78 is 40.7. The molecule has 6 heteroatoms. The van der Waals surface area contributed by atoms with E-state index in [-0.39, 0.29) is 23.8 Å². The Labute approximate surface area is 101 Å². The van der Waals surface area contributed by atoms with Crippen LogP contribution in [0, 0.1) is 5.82 Å². The van der Waals surface area contributed by atoms with Crippen molar-refractivity contribution < 1.29 is 17.5 Å². The molecule has 0 fully saturated rings. The Morgan fingerprint density at radius 3 is 2.65 bits per heavy atom. The van der Waals surface area contributed by atoms with E-state index in [4.69, 9.17) is 10.5 Å². The first-order chi connectivity index (χ1) is 7.94. The van der Waals surface area contributed by atoms with E-state index in [1.165, 1.54) is 12.1 Å². The fourth-order valence-electron chi connectivity index (χ4n) is 1.34. The molecule has 0 radical (unpaired) electrons. The Bertz CT molecular complexity index is 474. The van der Waals surface area contributed by atoms with Crippen LogP contribution < -0.4 is 10.5 Å². The van der Waals surface area contributed by atoms with Crippen molar-refractivity contribution in [2.45, 2.75) is 13.3 Å². The van der Waals surface area contributed by atoms with Crippen molar-refractivity contribution in [1.29, 1.82) is 0 Å². The molecular weight excluding hydrogens is 245 g/mol. The second-order valence-corrected chi connectivity index (χ2v) is 5.99. The lowest BCUT2D eigenvalue weighted by Gasteiger charge is -2.08. The minimum Gasteiger partial charge on any atom is -0.490 e. The second-order valence-electron chi connectivity index (χ2n) is 3.68. The van der Waals surface area contributed by atoms with Gasteiger partial charge in [0.05, 0.1) is 17.2 Å². The standard InChI is InChI=1S/C11H16FNO3S/c1-2-6-17(14,15)7-5-16-11-4-3-9(12)8-10(11)13/h3-4,8H,2,5-7,13H2,1H3. The molecule has 0 amide bonds. The van der Waals surface area contributed by atoms with Gasteiger partial charge >= 0.3 is 0 Å². The Morgan fingerprint density at radius 2 is 2.06 bits per heavy atom. The van der Waals surface area contributed by atoms with Gasteiger partial charge in [-0.05, 0) is 18.6 Å². The van der Waals surface area contributed by atoms with Gasteiger partial charge in [0.15, 0.2) is 9.84 Å². The SMILES string of the molecule is CCCS(=O)(=O)CCOc1ccc(F)cc1N. The molecule has 0 saturated carbocycles. The molecule has 0 bridgehead atoms. The number of halogens is 1. The number of anilines is 1. The zero-order valence-corrected chi connectivity index (χ0v) is 10.5. The van der Waals surface area contributed by atoms with Crippen LogP contribution >= 0.6 is 0 Å². The van der Waals surface area contributed by atoms with Crippen LogP contribution in [0.1, 0.15) is 13.3 Å². The molecule has 17 heavy (non-hydrogen) atoms. The van der Waals surface area contributed by atoms with Gasteiger partial charge in [0.25, 0.3) is 0 Å². The molecule has 0 aliphatic rings. The molecular formula is C11H16FNO3S. The molecule has 4 nitrogen and oxygen atoms in total. The molecule has 0 atom stereocenters. The molecule has 0 heterocycles. The average molecular weight is 261 g/mol. The largest absolute Gasteiger partial charge is 0.490 e. The third kappa shape index (κ3) is 4.60. The predicted molar refractivity (Wildman–Crippen MR) is 65.3 cm³/mol.